The molecule has 18 nitrogen and oxygen atoms in total. The fraction of sp³-hybridized carbons (Fsp3) is 0.273. The van der Waals surface area contributed by atoms with Crippen molar-refractivity contribution in [3.63, 3.8) is 0 Å². The van der Waals surface area contributed by atoms with E-state index < -0.39 is 52.4 Å². The van der Waals surface area contributed by atoms with Gasteiger partial charge in [-0.3, -0.25) is 0 Å². The van der Waals surface area contributed by atoms with Gasteiger partial charge in [-0.1, -0.05) is 147 Å². The number of nitriles is 9. The average Bonchev–Trinajstić information content (AvgIpc) is 0.736. The van der Waals surface area contributed by atoms with E-state index in [1.165, 1.54) is 54.6 Å². The van der Waals surface area contributed by atoms with Gasteiger partial charge in [0.1, 0.15) is 107 Å². The highest BCUT2D eigenvalue weighted by molar-refractivity contribution is 5.67. The molecular formula is C99H81F9N18. The van der Waals surface area contributed by atoms with Gasteiger partial charge < -0.3 is 0 Å². The summed E-state index contributed by atoms with van der Waals surface area (Å²) in [5.74, 6) is -6.17. The maximum Gasteiger partial charge on any atom is 0.227 e. The highest BCUT2D eigenvalue weighted by atomic mass is 19.2. The molecule has 0 radical (unpaired) electrons. The van der Waals surface area contributed by atoms with Crippen molar-refractivity contribution in [3.05, 3.63) is 362 Å². The van der Waals surface area contributed by atoms with Gasteiger partial charge in [0, 0.05) is 0 Å². The maximum absolute atomic E-state index is 14.4. The standard InChI is InChI=1S/C16H19FN2.C13H13FN2.2C11H9FN2.3C10H7FN2.2C9H5FN2/c1-15(2,3)11-8-12(16(4,5)6)14(19-7)13(17)10(11)9-18;1-13(2,3)7-9-5-10(8-15)12(14)11(6-9)16-4;1-7(2)8-4-9(6-13)11(12)10(5-8)14-3;1-6-7(2)9(5-13)10(12)11(14-4)8(6)3;1-6-4-8(5-12)9(11)10(13-3)7(6)2;1-6-4-7(2)10(13-3)9(11)8(6)5-12;1-3-7-4-5-8(6-12)9(11)10(7)13-2;1-6-3-7(5-11)9(10)8(4-6)12-2;1-6-3-4-7(5-11)8(10)9(6)12-2/h8H,1-6H3;5-6H,7H2,1-3H3;4-5,7H,1-2H3;1-3H3;2*4H,1-2H3;4-5H,3H2,1H3;2*3-4H,1H3. The third kappa shape index (κ3) is 27.9. The SMILES string of the molecule is [C-]#[N+]c1c(C(C)(C)C)cc(C(C)(C)C)c(C#N)c1F.[C-]#[N+]c1c(C)c(C)c(C)c(C#N)c1F.[C-]#[N+]c1c(C)c(C)cc(C#N)c1F.[C-]#[N+]c1c(C)cc(C)c(C#N)c1F.[C-]#[N+]c1c(C)ccc(C#N)c1F.[C-]#[N+]c1c(CC)ccc(C#N)c1F.[C-]#[N+]c1cc(C(C)C)cc(C#N)c1F.[C-]#[N+]c1cc(C)cc(C#N)c1F.[C-]#[N+]c1cc(CC(C)(C)C)cc(C#N)c1F. The van der Waals surface area contributed by atoms with E-state index in [4.69, 9.17) is 101 Å². The van der Waals surface area contributed by atoms with E-state index in [0.29, 0.717) is 62.9 Å². The van der Waals surface area contributed by atoms with E-state index in [-0.39, 0.29) is 123 Å². The summed E-state index contributed by atoms with van der Waals surface area (Å²) in [5.41, 5.74) is 7.90. The normalized spacial score (nSPS) is 9.66. The van der Waals surface area contributed by atoms with Crippen LogP contribution in [0.3, 0.4) is 0 Å². The van der Waals surface area contributed by atoms with Crippen LogP contribution in [0.5, 0.6) is 0 Å². The van der Waals surface area contributed by atoms with Crippen molar-refractivity contribution >= 4 is 51.2 Å². The minimum absolute atomic E-state index is 0.00787. The van der Waals surface area contributed by atoms with Gasteiger partial charge in [0.25, 0.3) is 0 Å². The van der Waals surface area contributed by atoms with Crippen LogP contribution in [0, 0.1) is 281 Å². The molecule has 0 unspecified atom stereocenters. The molecule has 0 fully saturated rings. The number of halogens is 9. The number of benzene rings is 9. The van der Waals surface area contributed by atoms with Crippen molar-refractivity contribution in [1.82, 2.24) is 0 Å². The van der Waals surface area contributed by atoms with E-state index >= 15 is 0 Å². The second-order valence-electron chi connectivity index (χ2n) is 30.8. The Labute approximate surface area is 731 Å². The summed E-state index contributed by atoms with van der Waals surface area (Å²) in [7, 11) is 0. The number of hydrogen-bond acceptors (Lipinski definition) is 9. The minimum Gasteiger partial charge on any atom is -0.235 e. The minimum atomic E-state index is -0.724. The zero-order chi connectivity index (χ0) is 97.1. The molecule has 126 heavy (non-hydrogen) atoms. The Morgan fingerprint density at radius 1 is 0.310 bits per heavy atom. The monoisotopic (exact) mass is 1690 g/mol. The first-order valence-electron chi connectivity index (χ1n) is 37.2. The Kier molecular flexibility index (Phi) is 41.2. The number of nitrogens with zero attached hydrogens (tertiary/aromatic N) is 18. The molecular weight excluding hydrogens is 1610 g/mol. The lowest BCUT2D eigenvalue weighted by atomic mass is 9.77. The van der Waals surface area contributed by atoms with Crippen molar-refractivity contribution in [2.75, 3.05) is 0 Å². The first kappa shape index (κ1) is 107. The van der Waals surface area contributed by atoms with Crippen molar-refractivity contribution in [2.45, 2.75) is 175 Å². The molecule has 9 rings (SSSR count). The van der Waals surface area contributed by atoms with Crippen LogP contribution in [0.4, 0.5) is 90.7 Å². The fourth-order valence-corrected chi connectivity index (χ4v) is 11.2. The van der Waals surface area contributed by atoms with Gasteiger partial charge >= 0.3 is 0 Å². The molecule has 0 spiro atoms. The second-order valence-corrected chi connectivity index (χ2v) is 30.8. The topological polar surface area (TPSA) is 253 Å². The van der Waals surface area contributed by atoms with E-state index in [9.17, 15) is 44.8 Å². The average molecular weight is 1690 g/mol. The van der Waals surface area contributed by atoms with Crippen LogP contribution < -0.4 is 0 Å². The first-order chi connectivity index (χ1) is 58.9. The molecule has 0 aliphatic rings. The van der Waals surface area contributed by atoms with Crippen molar-refractivity contribution in [3.8, 4) is 54.6 Å². The lowest BCUT2D eigenvalue weighted by Gasteiger charge is -2.27. The third-order valence-electron chi connectivity index (χ3n) is 18.3. The fourth-order valence-electron chi connectivity index (χ4n) is 11.2. The highest BCUT2D eigenvalue weighted by Crippen LogP contribution is 2.42. The summed E-state index contributed by atoms with van der Waals surface area (Å²) < 4.78 is 121. The largest absolute Gasteiger partial charge is 0.235 e. The zero-order valence-electron chi connectivity index (χ0n) is 72.9. The lowest BCUT2D eigenvalue weighted by molar-refractivity contribution is 0.411. The Morgan fingerprint density at radius 3 is 1.10 bits per heavy atom. The molecule has 27 heteroatoms. The first-order valence-corrected chi connectivity index (χ1v) is 37.2. The predicted molar refractivity (Wildman–Crippen MR) is 463 cm³/mol. The molecule has 0 aliphatic heterocycles. The van der Waals surface area contributed by atoms with Crippen molar-refractivity contribution in [1.29, 1.82) is 47.4 Å². The molecule has 0 aliphatic carbocycles. The van der Waals surface area contributed by atoms with Crippen LogP contribution in [0.2, 0.25) is 0 Å². The van der Waals surface area contributed by atoms with Gasteiger partial charge in [0.05, 0.1) is 109 Å². The molecule has 9 aromatic rings. The smallest absolute Gasteiger partial charge is 0.227 e. The Balaban J connectivity index is 0.000000711. The van der Waals surface area contributed by atoms with Crippen LogP contribution in [-0.2, 0) is 23.7 Å². The van der Waals surface area contributed by atoms with Gasteiger partial charge in [0.15, 0.2) is 0 Å². The maximum atomic E-state index is 14.4. The van der Waals surface area contributed by atoms with Gasteiger partial charge in [-0.2, -0.15) is 47.4 Å². The molecule has 0 saturated carbocycles. The molecule has 0 aromatic heterocycles. The Hall–Kier alpha value is -16.8. The molecule has 0 bridgehead atoms. The highest BCUT2D eigenvalue weighted by Gasteiger charge is 2.30. The van der Waals surface area contributed by atoms with E-state index in [0.717, 1.165) is 27.8 Å². The summed E-state index contributed by atoms with van der Waals surface area (Å²) in [4.78, 5) is 27.7. The van der Waals surface area contributed by atoms with Crippen molar-refractivity contribution < 1.29 is 39.5 Å². The van der Waals surface area contributed by atoms with E-state index in [2.05, 4.69) is 64.4 Å². The van der Waals surface area contributed by atoms with Crippen LogP contribution in [0.15, 0.2) is 78.9 Å². The Morgan fingerprint density at radius 2 is 0.690 bits per heavy atom. The molecule has 0 N–H and O–H groups in total. The third-order valence-corrected chi connectivity index (χ3v) is 18.3. The summed E-state index contributed by atoms with van der Waals surface area (Å²) in [6, 6.07) is 35.5. The summed E-state index contributed by atoms with van der Waals surface area (Å²) >= 11 is 0. The quantitative estimate of drug-likeness (QED) is 0.120. The summed E-state index contributed by atoms with van der Waals surface area (Å²) in [5, 5.41) is 77.9. The lowest BCUT2D eigenvalue weighted by Crippen LogP contribution is -2.19. The van der Waals surface area contributed by atoms with Crippen LogP contribution >= 0.6 is 0 Å². The van der Waals surface area contributed by atoms with Crippen LogP contribution in [-0.4, -0.2) is 0 Å². The number of aryl methyl sites for hydroxylation is 6. The summed E-state index contributed by atoms with van der Waals surface area (Å²) in [6.45, 7) is 100. The second kappa shape index (κ2) is 48.4. The van der Waals surface area contributed by atoms with Gasteiger partial charge in [0.2, 0.25) is 51.2 Å². The molecule has 0 atom stereocenters. The van der Waals surface area contributed by atoms with Gasteiger partial charge in [-0.05, 0) is 190 Å². The molecule has 630 valence electrons. The molecule has 0 saturated heterocycles. The molecule has 0 amide bonds. The van der Waals surface area contributed by atoms with Gasteiger partial charge in [-0.25, -0.2) is 83.1 Å². The van der Waals surface area contributed by atoms with Crippen LogP contribution in [0.25, 0.3) is 43.6 Å². The zero-order valence-corrected chi connectivity index (χ0v) is 72.9. The number of rotatable bonds is 3. The van der Waals surface area contributed by atoms with E-state index in [1.54, 1.807) is 129 Å². The number of hydrogen-bond donors (Lipinski definition) is 0. The van der Waals surface area contributed by atoms with Crippen LogP contribution in [0.1, 0.15) is 217 Å². The molecule has 0 heterocycles. The van der Waals surface area contributed by atoms with Gasteiger partial charge in [-0.15, -0.1) is 0 Å². The van der Waals surface area contributed by atoms with Crippen molar-refractivity contribution in [2.24, 2.45) is 5.41 Å². The summed E-state index contributed by atoms with van der Waals surface area (Å²) in [6.07, 6.45) is 1.31. The predicted octanol–water partition coefficient (Wildman–Crippen LogP) is 28.9. The Bertz CT molecular complexity index is 6330. The molecule has 9 aromatic carbocycles. The van der Waals surface area contributed by atoms with E-state index in [1.807, 2.05) is 74.4 Å².